The van der Waals surface area contributed by atoms with E-state index >= 15 is 0 Å². The lowest BCUT2D eigenvalue weighted by atomic mass is 9.90. The molecular weight excluding hydrogens is 364 g/mol. The van der Waals surface area contributed by atoms with Crippen molar-refractivity contribution in [2.45, 2.75) is 78.4 Å². The minimum atomic E-state index is -0.361. The summed E-state index contributed by atoms with van der Waals surface area (Å²) < 4.78 is 6.13. The maximum atomic E-state index is 12.6. The Kier molecular flexibility index (Phi) is 7.20. The molecular formula is C24H36N2O3. The van der Waals surface area contributed by atoms with Crippen LogP contribution in [0.2, 0.25) is 0 Å². The summed E-state index contributed by atoms with van der Waals surface area (Å²) in [5.41, 5.74) is 0.701. The highest BCUT2D eigenvalue weighted by Gasteiger charge is 2.32. The number of piperidine rings is 1. The fourth-order valence-electron chi connectivity index (χ4n) is 4.26. The van der Waals surface area contributed by atoms with Crippen LogP contribution in [0.4, 0.5) is 0 Å². The van der Waals surface area contributed by atoms with Crippen molar-refractivity contribution in [3.8, 4) is 5.75 Å². The molecule has 1 aromatic rings. The first-order chi connectivity index (χ1) is 13.8. The first-order valence-electron chi connectivity index (χ1n) is 11.2. The molecule has 1 heterocycles. The van der Waals surface area contributed by atoms with Crippen molar-refractivity contribution < 1.29 is 14.3 Å². The van der Waals surface area contributed by atoms with Gasteiger partial charge in [-0.15, -0.1) is 0 Å². The molecule has 0 unspecified atom stereocenters. The molecule has 1 aromatic carbocycles. The first-order valence-corrected chi connectivity index (χ1v) is 11.2. The van der Waals surface area contributed by atoms with Crippen LogP contribution in [0.5, 0.6) is 5.75 Å². The van der Waals surface area contributed by atoms with Crippen LogP contribution in [0, 0.1) is 11.3 Å². The number of carbonyl (C=O) groups is 2. The van der Waals surface area contributed by atoms with Gasteiger partial charge in [-0.1, -0.05) is 39.3 Å². The van der Waals surface area contributed by atoms with Crippen LogP contribution in [0.15, 0.2) is 24.3 Å². The van der Waals surface area contributed by atoms with Gasteiger partial charge in [-0.05, 0) is 56.2 Å². The molecule has 1 saturated heterocycles. The molecule has 5 heteroatoms. The van der Waals surface area contributed by atoms with Gasteiger partial charge in [-0.25, -0.2) is 0 Å². The van der Waals surface area contributed by atoms with Crippen molar-refractivity contribution >= 4 is 11.8 Å². The number of nitrogens with zero attached hydrogens (tertiary/aromatic N) is 1. The van der Waals surface area contributed by atoms with Gasteiger partial charge < -0.3 is 15.0 Å². The van der Waals surface area contributed by atoms with E-state index in [-0.39, 0.29) is 23.1 Å². The highest BCUT2D eigenvalue weighted by atomic mass is 16.5. The van der Waals surface area contributed by atoms with E-state index < -0.39 is 0 Å². The van der Waals surface area contributed by atoms with Gasteiger partial charge >= 0.3 is 0 Å². The predicted molar refractivity (Wildman–Crippen MR) is 115 cm³/mol. The molecule has 160 valence electrons. The topological polar surface area (TPSA) is 58.6 Å². The molecule has 0 bridgehead atoms. The molecule has 1 saturated carbocycles. The third-order valence-corrected chi connectivity index (χ3v) is 6.01. The Morgan fingerprint density at radius 2 is 1.76 bits per heavy atom. The highest BCUT2D eigenvalue weighted by molar-refractivity contribution is 5.82. The summed E-state index contributed by atoms with van der Waals surface area (Å²) in [6.45, 7) is 7.68. The number of rotatable bonds is 5. The van der Waals surface area contributed by atoms with E-state index in [0.29, 0.717) is 25.7 Å². The summed E-state index contributed by atoms with van der Waals surface area (Å²) in [6, 6.07) is 8.07. The van der Waals surface area contributed by atoms with E-state index in [0.717, 1.165) is 37.0 Å². The number of hydrogen-bond donors (Lipinski definition) is 1. The zero-order valence-electron chi connectivity index (χ0n) is 18.2. The van der Waals surface area contributed by atoms with Crippen LogP contribution in [0.3, 0.4) is 0 Å². The second-order valence-corrected chi connectivity index (χ2v) is 9.56. The molecule has 2 aliphatic rings. The van der Waals surface area contributed by atoms with Crippen molar-refractivity contribution in [1.29, 1.82) is 0 Å². The summed E-state index contributed by atoms with van der Waals surface area (Å²) >= 11 is 0. The van der Waals surface area contributed by atoms with Gasteiger partial charge in [-0.2, -0.15) is 0 Å². The number of ether oxygens (including phenoxy) is 1. The van der Waals surface area contributed by atoms with Gasteiger partial charge in [-0.3, -0.25) is 9.59 Å². The maximum absolute atomic E-state index is 12.6. The Bertz CT molecular complexity index is 696. The quantitative estimate of drug-likeness (QED) is 0.802. The maximum Gasteiger partial charge on any atom is 0.227 e. The van der Waals surface area contributed by atoms with Crippen LogP contribution < -0.4 is 10.1 Å². The highest BCUT2D eigenvalue weighted by Crippen LogP contribution is 2.25. The molecule has 3 rings (SSSR count). The summed E-state index contributed by atoms with van der Waals surface area (Å²) in [4.78, 5) is 26.9. The lowest BCUT2D eigenvalue weighted by Gasteiger charge is -2.35. The third-order valence-electron chi connectivity index (χ3n) is 6.01. The van der Waals surface area contributed by atoms with Gasteiger partial charge in [0.15, 0.2) is 0 Å². The number of carbonyl (C=O) groups excluding carboxylic acids is 2. The fourth-order valence-corrected chi connectivity index (χ4v) is 4.26. The lowest BCUT2D eigenvalue weighted by molar-refractivity contribution is -0.142. The van der Waals surface area contributed by atoms with Crippen LogP contribution in [0.25, 0.3) is 0 Å². The van der Waals surface area contributed by atoms with E-state index in [2.05, 4.69) is 5.32 Å². The zero-order chi connectivity index (χ0) is 20.9. The van der Waals surface area contributed by atoms with Crippen LogP contribution in [-0.2, 0) is 16.1 Å². The molecule has 0 spiro atoms. The van der Waals surface area contributed by atoms with E-state index in [1.54, 1.807) is 0 Å². The molecule has 0 atom stereocenters. The lowest BCUT2D eigenvalue weighted by Crippen LogP contribution is -2.46. The van der Waals surface area contributed by atoms with Gasteiger partial charge in [0.2, 0.25) is 11.8 Å². The van der Waals surface area contributed by atoms with Crippen LogP contribution in [0.1, 0.15) is 71.3 Å². The number of benzene rings is 1. The van der Waals surface area contributed by atoms with E-state index in [4.69, 9.17) is 4.74 Å². The molecule has 5 nitrogen and oxygen atoms in total. The van der Waals surface area contributed by atoms with Crippen molar-refractivity contribution in [3.05, 3.63) is 29.8 Å². The van der Waals surface area contributed by atoms with Gasteiger partial charge in [0.1, 0.15) is 5.75 Å². The van der Waals surface area contributed by atoms with E-state index in [1.165, 1.54) is 19.3 Å². The third kappa shape index (κ3) is 6.22. The zero-order valence-corrected chi connectivity index (χ0v) is 18.2. The Hall–Kier alpha value is -2.04. The average Bonchev–Trinajstić information content (AvgIpc) is 2.72. The fraction of sp³-hybridized carbons (Fsp3) is 0.667. The van der Waals surface area contributed by atoms with Gasteiger partial charge in [0.05, 0.1) is 6.10 Å². The monoisotopic (exact) mass is 400 g/mol. The van der Waals surface area contributed by atoms with Gasteiger partial charge in [0.25, 0.3) is 0 Å². The minimum Gasteiger partial charge on any atom is -0.490 e. The molecule has 0 radical (unpaired) electrons. The second-order valence-electron chi connectivity index (χ2n) is 9.56. The van der Waals surface area contributed by atoms with Crippen LogP contribution in [-0.4, -0.2) is 35.9 Å². The normalized spacial score (nSPS) is 19.1. The number of nitrogens with one attached hydrogen (secondary N) is 1. The van der Waals surface area contributed by atoms with Crippen molar-refractivity contribution in [2.75, 3.05) is 13.1 Å². The molecule has 0 aromatic heterocycles. The van der Waals surface area contributed by atoms with Crippen molar-refractivity contribution in [3.63, 3.8) is 0 Å². The molecule has 1 N–H and O–H groups in total. The first kappa shape index (κ1) is 21.7. The Labute approximate surface area is 175 Å². The van der Waals surface area contributed by atoms with E-state index in [9.17, 15) is 9.59 Å². The van der Waals surface area contributed by atoms with Crippen molar-refractivity contribution in [1.82, 2.24) is 10.2 Å². The number of likely N-dealkylation sites (tertiary alicyclic amines) is 1. The summed E-state index contributed by atoms with van der Waals surface area (Å²) in [7, 11) is 0. The van der Waals surface area contributed by atoms with E-state index in [1.807, 2.05) is 49.9 Å². The standard InChI is InChI=1S/C24H36N2O3/c1-24(2,3)23(28)26-14-12-19(13-15-26)22(27)25-17-18-8-7-11-21(16-18)29-20-9-5-4-6-10-20/h7-8,11,16,19-20H,4-6,9-10,12-15,17H2,1-3H3,(H,25,27). The van der Waals surface area contributed by atoms with Crippen molar-refractivity contribution in [2.24, 2.45) is 11.3 Å². The smallest absolute Gasteiger partial charge is 0.227 e. The van der Waals surface area contributed by atoms with Gasteiger partial charge in [0, 0.05) is 31.0 Å². The minimum absolute atomic E-state index is 0.0133. The summed E-state index contributed by atoms with van der Waals surface area (Å²) in [6.07, 6.45) is 7.89. The average molecular weight is 401 g/mol. The Morgan fingerprint density at radius 1 is 1.07 bits per heavy atom. The second kappa shape index (κ2) is 9.64. The summed E-state index contributed by atoms with van der Waals surface area (Å²) in [5.74, 6) is 1.15. The largest absolute Gasteiger partial charge is 0.490 e. The molecule has 29 heavy (non-hydrogen) atoms. The number of hydrogen-bond acceptors (Lipinski definition) is 3. The molecule has 1 aliphatic heterocycles. The molecule has 1 aliphatic carbocycles. The molecule has 2 fully saturated rings. The summed E-state index contributed by atoms with van der Waals surface area (Å²) in [5, 5.41) is 3.08. The SMILES string of the molecule is CC(C)(C)C(=O)N1CCC(C(=O)NCc2cccc(OC3CCCCC3)c2)CC1. The Morgan fingerprint density at radius 3 is 2.41 bits per heavy atom. The molecule has 2 amide bonds. The predicted octanol–water partition coefficient (Wildman–Crippen LogP) is 4.30. The number of amides is 2. The van der Waals surface area contributed by atoms with Crippen LogP contribution >= 0.6 is 0 Å². The Balaban J connectivity index is 1.45.